The molecule has 0 bridgehead atoms. The van der Waals surface area contributed by atoms with E-state index >= 15 is 0 Å². The normalized spacial score (nSPS) is 30.0. The lowest BCUT2D eigenvalue weighted by Crippen LogP contribution is -2.30. The number of nitrogens with zero attached hydrogens (tertiary/aromatic N) is 1. The van der Waals surface area contributed by atoms with Crippen LogP contribution < -0.4 is 5.32 Å². The first kappa shape index (κ1) is 8.27. The molecule has 2 heteroatoms. The van der Waals surface area contributed by atoms with Gasteiger partial charge in [-0.25, -0.2) is 4.98 Å². The molecule has 0 aromatic carbocycles. The van der Waals surface area contributed by atoms with Gasteiger partial charge in [-0.3, -0.25) is 0 Å². The van der Waals surface area contributed by atoms with Gasteiger partial charge in [0.2, 0.25) is 0 Å². The van der Waals surface area contributed by atoms with Crippen molar-refractivity contribution < 1.29 is 0 Å². The van der Waals surface area contributed by atoms with E-state index in [9.17, 15) is 0 Å². The topological polar surface area (TPSA) is 24.9 Å². The Labute approximate surface area is 84.7 Å². The molecule has 0 amide bonds. The molecule has 1 aliphatic heterocycles. The van der Waals surface area contributed by atoms with E-state index in [0.29, 0.717) is 0 Å². The highest BCUT2D eigenvalue weighted by Gasteiger charge is 2.31. The lowest BCUT2D eigenvalue weighted by molar-refractivity contribution is 0.312. The highest BCUT2D eigenvalue weighted by atomic mass is 15.0. The molecule has 2 aliphatic rings. The van der Waals surface area contributed by atoms with Crippen molar-refractivity contribution in [1.29, 1.82) is 0 Å². The predicted molar refractivity (Wildman–Crippen MR) is 57.4 cm³/mol. The second-order valence-electron chi connectivity index (χ2n) is 4.47. The molecule has 2 heterocycles. The Kier molecular flexibility index (Phi) is 1.93. The third kappa shape index (κ3) is 1.21. The molecule has 2 atom stereocenters. The minimum absolute atomic E-state index is 0.786. The summed E-state index contributed by atoms with van der Waals surface area (Å²) >= 11 is 0. The Morgan fingerprint density at radius 2 is 2.21 bits per heavy atom. The molecule has 0 spiro atoms. The number of rotatable bonds is 0. The molecule has 0 saturated heterocycles. The van der Waals surface area contributed by atoms with E-state index in [0.717, 1.165) is 24.2 Å². The van der Waals surface area contributed by atoms with E-state index in [4.69, 9.17) is 0 Å². The van der Waals surface area contributed by atoms with E-state index in [1.807, 2.05) is 6.20 Å². The Bertz CT molecular complexity index is 335. The zero-order valence-electron chi connectivity index (χ0n) is 8.37. The monoisotopic (exact) mass is 188 g/mol. The molecule has 1 N–H and O–H groups in total. The number of nitrogens with one attached hydrogen (secondary N) is 1. The smallest absolute Gasteiger partial charge is 0.129 e. The fourth-order valence-electron chi connectivity index (χ4n) is 2.95. The maximum Gasteiger partial charge on any atom is 0.129 e. The fraction of sp³-hybridized carbons (Fsp3) is 0.583. The minimum atomic E-state index is 0.786. The lowest BCUT2D eigenvalue weighted by Gasteiger charge is -2.37. The molecule has 2 nitrogen and oxygen atoms in total. The minimum Gasteiger partial charge on any atom is -0.370 e. The molecule has 0 radical (unpaired) electrons. The van der Waals surface area contributed by atoms with Gasteiger partial charge in [-0.2, -0.15) is 0 Å². The summed E-state index contributed by atoms with van der Waals surface area (Å²) in [5.41, 5.74) is 1.46. The summed E-state index contributed by atoms with van der Waals surface area (Å²) in [4.78, 5) is 4.40. The van der Waals surface area contributed by atoms with E-state index in [1.54, 1.807) is 0 Å². The second kappa shape index (κ2) is 3.26. The SMILES string of the molecule is c1cnc2c(c1)[C@H]1CCCC[C@H]1CN2. The van der Waals surface area contributed by atoms with Crippen molar-refractivity contribution in [3.8, 4) is 0 Å². The van der Waals surface area contributed by atoms with Crippen LogP contribution in [-0.2, 0) is 0 Å². The summed E-state index contributed by atoms with van der Waals surface area (Å²) in [6.07, 6.45) is 7.46. The Morgan fingerprint density at radius 3 is 3.21 bits per heavy atom. The highest BCUT2D eigenvalue weighted by molar-refractivity contribution is 5.49. The van der Waals surface area contributed by atoms with Gasteiger partial charge in [0.15, 0.2) is 0 Å². The van der Waals surface area contributed by atoms with Gasteiger partial charge < -0.3 is 5.32 Å². The number of hydrogen-bond acceptors (Lipinski definition) is 2. The molecule has 1 aliphatic carbocycles. The number of hydrogen-bond donors (Lipinski definition) is 1. The average Bonchev–Trinajstić information content (AvgIpc) is 2.29. The van der Waals surface area contributed by atoms with Gasteiger partial charge in [-0.1, -0.05) is 18.9 Å². The van der Waals surface area contributed by atoms with Crippen molar-refractivity contribution in [2.24, 2.45) is 5.92 Å². The van der Waals surface area contributed by atoms with E-state index < -0.39 is 0 Å². The standard InChI is InChI=1S/C12H16N2/c1-2-5-10-9(4-1)8-14-12-11(10)6-3-7-13-12/h3,6-7,9-10H,1-2,4-5,8H2,(H,13,14)/t9-,10-/m0/s1. The molecular weight excluding hydrogens is 172 g/mol. The Hall–Kier alpha value is -1.05. The molecule has 74 valence electrons. The lowest BCUT2D eigenvalue weighted by atomic mass is 9.74. The van der Waals surface area contributed by atoms with E-state index in [2.05, 4.69) is 22.4 Å². The van der Waals surface area contributed by atoms with Crippen LogP contribution in [0.15, 0.2) is 18.3 Å². The van der Waals surface area contributed by atoms with Gasteiger partial charge in [-0.05, 0) is 36.3 Å². The first-order chi connectivity index (χ1) is 6.95. The summed E-state index contributed by atoms with van der Waals surface area (Å²) in [5.74, 6) is 2.78. The van der Waals surface area contributed by atoms with E-state index in [1.165, 1.54) is 31.2 Å². The number of aromatic nitrogens is 1. The van der Waals surface area contributed by atoms with Crippen molar-refractivity contribution in [1.82, 2.24) is 4.98 Å². The summed E-state index contributed by atoms with van der Waals surface area (Å²) < 4.78 is 0. The molecule has 1 saturated carbocycles. The predicted octanol–water partition coefficient (Wildman–Crippen LogP) is 2.78. The van der Waals surface area contributed by atoms with Crippen LogP contribution in [0.1, 0.15) is 37.2 Å². The first-order valence-electron chi connectivity index (χ1n) is 5.64. The second-order valence-corrected chi connectivity index (χ2v) is 4.47. The number of anilines is 1. The summed E-state index contributed by atoms with van der Waals surface area (Å²) in [6.45, 7) is 1.13. The van der Waals surface area contributed by atoms with Crippen LogP contribution in [0.5, 0.6) is 0 Å². The van der Waals surface area contributed by atoms with Gasteiger partial charge in [0.1, 0.15) is 5.82 Å². The van der Waals surface area contributed by atoms with Crippen molar-refractivity contribution in [2.75, 3.05) is 11.9 Å². The summed E-state index contributed by atoms with van der Waals surface area (Å²) in [5, 5.41) is 3.45. The molecule has 3 rings (SSSR count). The maximum absolute atomic E-state index is 4.40. The van der Waals surface area contributed by atoms with Gasteiger partial charge in [0, 0.05) is 12.7 Å². The molecule has 1 fully saturated rings. The van der Waals surface area contributed by atoms with Crippen molar-refractivity contribution >= 4 is 5.82 Å². The Balaban J connectivity index is 1.99. The maximum atomic E-state index is 4.40. The van der Waals surface area contributed by atoms with Gasteiger partial charge in [0.25, 0.3) is 0 Å². The molecule has 1 aromatic heterocycles. The summed E-state index contributed by atoms with van der Waals surface area (Å²) in [7, 11) is 0. The zero-order chi connectivity index (χ0) is 9.38. The average molecular weight is 188 g/mol. The van der Waals surface area contributed by atoms with Gasteiger partial charge >= 0.3 is 0 Å². The van der Waals surface area contributed by atoms with Crippen molar-refractivity contribution in [3.05, 3.63) is 23.9 Å². The number of pyridine rings is 1. The Morgan fingerprint density at radius 1 is 1.29 bits per heavy atom. The first-order valence-corrected chi connectivity index (χ1v) is 5.64. The van der Waals surface area contributed by atoms with Gasteiger partial charge in [0.05, 0.1) is 0 Å². The third-order valence-electron chi connectivity index (χ3n) is 3.68. The summed E-state index contributed by atoms with van der Waals surface area (Å²) in [6, 6.07) is 4.31. The van der Waals surface area contributed by atoms with Crippen molar-refractivity contribution in [2.45, 2.75) is 31.6 Å². The van der Waals surface area contributed by atoms with Crippen molar-refractivity contribution in [3.63, 3.8) is 0 Å². The van der Waals surface area contributed by atoms with Crippen LogP contribution >= 0.6 is 0 Å². The quantitative estimate of drug-likeness (QED) is 0.677. The fourth-order valence-corrected chi connectivity index (χ4v) is 2.95. The molecule has 0 unspecified atom stereocenters. The molecular formula is C12H16N2. The van der Waals surface area contributed by atoms with Crippen LogP contribution in [0.2, 0.25) is 0 Å². The highest BCUT2D eigenvalue weighted by Crippen LogP contribution is 2.42. The largest absolute Gasteiger partial charge is 0.370 e. The molecule has 14 heavy (non-hydrogen) atoms. The van der Waals surface area contributed by atoms with Crippen LogP contribution in [-0.4, -0.2) is 11.5 Å². The van der Waals surface area contributed by atoms with Crippen LogP contribution in [0.3, 0.4) is 0 Å². The van der Waals surface area contributed by atoms with Crippen LogP contribution in [0.25, 0.3) is 0 Å². The number of fused-ring (bicyclic) bond motifs is 3. The van der Waals surface area contributed by atoms with Gasteiger partial charge in [-0.15, -0.1) is 0 Å². The van der Waals surface area contributed by atoms with Crippen LogP contribution in [0, 0.1) is 5.92 Å². The van der Waals surface area contributed by atoms with Crippen LogP contribution in [0.4, 0.5) is 5.82 Å². The van der Waals surface area contributed by atoms with E-state index in [-0.39, 0.29) is 0 Å². The zero-order valence-corrected chi connectivity index (χ0v) is 8.37. The third-order valence-corrected chi connectivity index (χ3v) is 3.68. The molecule has 1 aromatic rings.